The molecule has 1 aliphatic carbocycles. The van der Waals surface area contributed by atoms with Crippen LogP contribution in [0.4, 0.5) is 0 Å². The van der Waals surface area contributed by atoms with Crippen LogP contribution < -0.4 is 5.73 Å². The molecule has 0 aliphatic heterocycles. The first-order chi connectivity index (χ1) is 12.1. The highest BCUT2D eigenvalue weighted by Crippen LogP contribution is 2.30. The number of nitrogens with two attached hydrogens (primary N) is 1. The van der Waals surface area contributed by atoms with Gasteiger partial charge in [-0.05, 0) is 17.7 Å². The summed E-state index contributed by atoms with van der Waals surface area (Å²) in [6.45, 7) is 0.535. The zero-order valence-corrected chi connectivity index (χ0v) is 13.7. The van der Waals surface area contributed by atoms with Gasteiger partial charge in [-0.15, -0.1) is 0 Å². The quantitative estimate of drug-likeness (QED) is 0.746. The summed E-state index contributed by atoms with van der Waals surface area (Å²) in [6.07, 6.45) is 4.93. The Morgan fingerprint density at radius 2 is 1.88 bits per heavy atom. The second-order valence-corrected chi connectivity index (χ2v) is 6.34. The molecule has 0 spiro atoms. The van der Waals surface area contributed by atoms with Gasteiger partial charge in [0, 0.05) is 53.2 Å². The number of carbonyl (C=O) groups is 2. The number of carbonyl (C=O) groups excluding carboxylic acids is 2. The van der Waals surface area contributed by atoms with Crippen molar-refractivity contribution in [3.05, 3.63) is 77.0 Å². The summed E-state index contributed by atoms with van der Waals surface area (Å²) in [4.78, 5) is 23.7. The van der Waals surface area contributed by atoms with E-state index in [2.05, 4.69) is 0 Å². The zero-order valence-electron chi connectivity index (χ0n) is 13.7. The summed E-state index contributed by atoms with van der Waals surface area (Å²) < 4.78 is 2.03. The first-order valence-electron chi connectivity index (χ1n) is 8.33. The van der Waals surface area contributed by atoms with Crippen LogP contribution in [0, 0.1) is 0 Å². The van der Waals surface area contributed by atoms with Crippen molar-refractivity contribution in [3.63, 3.8) is 0 Å². The lowest BCUT2D eigenvalue weighted by atomic mass is 10.1. The van der Waals surface area contributed by atoms with Gasteiger partial charge in [0.25, 0.3) is 0 Å². The molecule has 3 aromatic rings. The molecule has 124 valence electrons. The molecule has 1 aromatic heterocycles. The molecular weight excluding hydrogens is 312 g/mol. The standard InChI is InChI=1S/C21H18N2O2/c22-20(24)9-10-23-13-16(17-6-3-4-8-19(17)23)12-15-11-14-5-1-2-7-18(14)21(15)25/h1-8,12-13H,9-11H2,(H2,22,24)/b15-12+. The predicted molar refractivity (Wildman–Crippen MR) is 98.2 cm³/mol. The molecule has 4 rings (SSSR count). The summed E-state index contributed by atoms with van der Waals surface area (Å²) in [7, 11) is 0. The van der Waals surface area contributed by atoms with E-state index in [0.29, 0.717) is 19.4 Å². The Hall–Kier alpha value is -3.14. The van der Waals surface area contributed by atoms with E-state index < -0.39 is 0 Å². The topological polar surface area (TPSA) is 65.1 Å². The first kappa shape index (κ1) is 15.4. The first-order valence-corrected chi connectivity index (χ1v) is 8.33. The molecule has 1 aliphatic rings. The second-order valence-electron chi connectivity index (χ2n) is 6.34. The maximum atomic E-state index is 12.6. The van der Waals surface area contributed by atoms with Gasteiger partial charge in [-0.25, -0.2) is 0 Å². The average molecular weight is 330 g/mol. The number of hydrogen-bond donors (Lipinski definition) is 1. The van der Waals surface area contributed by atoms with E-state index >= 15 is 0 Å². The van der Waals surface area contributed by atoms with E-state index in [-0.39, 0.29) is 11.7 Å². The Morgan fingerprint density at radius 3 is 2.68 bits per heavy atom. The monoisotopic (exact) mass is 330 g/mol. The second kappa shape index (κ2) is 6.06. The smallest absolute Gasteiger partial charge is 0.219 e. The van der Waals surface area contributed by atoms with Crippen LogP contribution in [0.3, 0.4) is 0 Å². The van der Waals surface area contributed by atoms with Gasteiger partial charge in [0.15, 0.2) is 5.78 Å². The lowest BCUT2D eigenvalue weighted by molar-refractivity contribution is -0.118. The Morgan fingerprint density at radius 1 is 1.12 bits per heavy atom. The van der Waals surface area contributed by atoms with Gasteiger partial charge < -0.3 is 10.3 Å². The highest BCUT2D eigenvalue weighted by atomic mass is 16.1. The van der Waals surface area contributed by atoms with Crippen molar-refractivity contribution in [2.24, 2.45) is 5.73 Å². The summed E-state index contributed by atoms with van der Waals surface area (Å²) in [5.74, 6) is -0.219. The highest BCUT2D eigenvalue weighted by molar-refractivity contribution is 6.16. The molecule has 0 radical (unpaired) electrons. The van der Waals surface area contributed by atoms with Crippen LogP contribution in [0.25, 0.3) is 17.0 Å². The van der Waals surface area contributed by atoms with Crippen molar-refractivity contribution in [2.75, 3.05) is 0 Å². The molecule has 0 atom stereocenters. The van der Waals surface area contributed by atoms with Gasteiger partial charge in [0.1, 0.15) is 0 Å². The number of fused-ring (bicyclic) bond motifs is 2. The normalized spacial score (nSPS) is 15.0. The number of allylic oxidation sites excluding steroid dienone is 1. The summed E-state index contributed by atoms with van der Waals surface area (Å²) in [6, 6.07) is 15.8. The molecule has 0 saturated heterocycles. The van der Waals surface area contributed by atoms with Crippen LogP contribution in [0.15, 0.2) is 60.3 Å². The van der Waals surface area contributed by atoms with E-state index in [1.165, 1.54) is 0 Å². The lowest BCUT2D eigenvalue weighted by Crippen LogP contribution is -2.13. The Balaban J connectivity index is 1.75. The fraction of sp³-hybridized carbons (Fsp3) is 0.143. The summed E-state index contributed by atoms with van der Waals surface area (Å²) >= 11 is 0. The number of primary amides is 1. The van der Waals surface area contributed by atoms with Crippen molar-refractivity contribution in [1.29, 1.82) is 0 Å². The van der Waals surface area contributed by atoms with E-state index in [0.717, 1.165) is 33.2 Å². The number of amides is 1. The van der Waals surface area contributed by atoms with Gasteiger partial charge in [-0.2, -0.15) is 0 Å². The van der Waals surface area contributed by atoms with Crippen LogP contribution in [0.2, 0.25) is 0 Å². The van der Waals surface area contributed by atoms with Crippen LogP contribution in [-0.4, -0.2) is 16.3 Å². The highest BCUT2D eigenvalue weighted by Gasteiger charge is 2.24. The number of ketones is 1. The minimum absolute atomic E-state index is 0.101. The van der Waals surface area contributed by atoms with E-state index in [1.807, 2.05) is 65.4 Å². The number of aryl methyl sites for hydroxylation is 1. The van der Waals surface area contributed by atoms with E-state index in [9.17, 15) is 9.59 Å². The van der Waals surface area contributed by atoms with Gasteiger partial charge in [0.2, 0.25) is 5.91 Å². The molecule has 1 amide bonds. The SMILES string of the molecule is NC(=O)CCn1cc(/C=C2\Cc3ccccc3C2=O)c2ccccc21. The lowest BCUT2D eigenvalue weighted by Gasteiger charge is -2.02. The molecule has 2 N–H and O–H groups in total. The molecular formula is C21H18N2O2. The molecule has 0 fully saturated rings. The van der Waals surface area contributed by atoms with Gasteiger partial charge in [0.05, 0.1) is 0 Å². The average Bonchev–Trinajstić information content (AvgIpc) is 3.12. The Labute approximate surface area is 145 Å². The number of Topliss-reactive ketones (excluding diaryl/α,β-unsaturated/α-hetero) is 1. The number of benzene rings is 2. The van der Waals surface area contributed by atoms with Crippen molar-refractivity contribution < 1.29 is 9.59 Å². The van der Waals surface area contributed by atoms with Crippen molar-refractivity contribution in [1.82, 2.24) is 4.57 Å². The maximum Gasteiger partial charge on any atom is 0.219 e. The predicted octanol–water partition coefficient (Wildman–Crippen LogP) is 3.34. The van der Waals surface area contributed by atoms with Gasteiger partial charge in [-0.1, -0.05) is 42.5 Å². The third-order valence-electron chi connectivity index (χ3n) is 4.68. The number of nitrogens with zero attached hydrogens (tertiary/aromatic N) is 1. The molecule has 0 unspecified atom stereocenters. The zero-order chi connectivity index (χ0) is 17.4. The molecule has 1 heterocycles. The molecule has 4 heteroatoms. The maximum absolute atomic E-state index is 12.6. The number of aromatic nitrogens is 1. The minimum Gasteiger partial charge on any atom is -0.370 e. The van der Waals surface area contributed by atoms with Gasteiger partial charge in [-0.3, -0.25) is 9.59 Å². The van der Waals surface area contributed by atoms with E-state index in [1.54, 1.807) is 0 Å². The molecule has 0 bridgehead atoms. The minimum atomic E-state index is -0.320. The molecule has 4 nitrogen and oxygen atoms in total. The van der Waals surface area contributed by atoms with Crippen LogP contribution in [-0.2, 0) is 17.8 Å². The summed E-state index contributed by atoms with van der Waals surface area (Å²) in [5, 5.41) is 1.07. The third kappa shape index (κ3) is 2.76. The van der Waals surface area contributed by atoms with E-state index in [4.69, 9.17) is 5.73 Å². The Kier molecular flexibility index (Phi) is 3.73. The number of para-hydroxylation sites is 1. The summed E-state index contributed by atoms with van der Waals surface area (Å²) in [5.41, 5.74) is 10.00. The largest absolute Gasteiger partial charge is 0.370 e. The third-order valence-corrected chi connectivity index (χ3v) is 4.68. The van der Waals surface area contributed by atoms with Crippen molar-refractivity contribution in [2.45, 2.75) is 19.4 Å². The van der Waals surface area contributed by atoms with Crippen molar-refractivity contribution in [3.8, 4) is 0 Å². The van der Waals surface area contributed by atoms with Gasteiger partial charge >= 0.3 is 0 Å². The fourth-order valence-corrected chi connectivity index (χ4v) is 3.46. The molecule has 0 saturated carbocycles. The van der Waals surface area contributed by atoms with Crippen LogP contribution in [0.1, 0.15) is 27.9 Å². The molecule has 25 heavy (non-hydrogen) atoms. The fourth-order valence-electron chi connectivity index (χ4n) is 3.46. The van der Waals surface area contributed by atoms with Crippen molar-refractivity contribution >= 4 is 28.7 Å². The Bertz CT molecular complexity index is 1030. The molecule has 2 aromatic carbocycles. The van der Waals surface area contributed by atoms with Crippen LogP contribution >= 0.6 is 0 Å². The number of rotatable bonds is 4. The number of hydrogen-bond acceptors (Lipinski definition) is 2. The van der Waals surface area contributed by atoms with Crippen LogP contribution in [0.5, 0.6) is 0 Å².